The first-order valence-electron chi connectivity index (χ1n) is 5.14. The fourth-order valence-corrected chi connectivity index (χ4v) is 1.73. The molecule has 0 spiro atoms. The molecule has 86 valence electrons. The lowest BCUT2D eigenvalue weighted by atomic mass is 9.80. The first-order valence-corrected chi connectivity index (χ1v) is 5.61. The van der Waals surface area contributed by atoms with Gasteiger partial charge in [-0.2, -0.15) is 0 Å². The third-order valence-corrected chi connectivity index (χ3v) is 2.80. The van der Waals surface area contributed by atoms with Gasteiger partial charge in [-0.3, -0.25) is 0 Å². The summed E-state index contributed by atoms with van der Waals surface area (Å²) in [6.07, 6.45) is 0. The monoisotopic (exact) mass is 246 g/mol. The molecule has 1 unspecified atom stereocenters. The van der Waals surface area contributed by atoms with Crippen molar-refractivity contribution in [2.24, 2.45) is 0 Å². The van der Waals surface area contributed by atoms with Gasteiger partial charge in [-0.15, -0.1) is 0 Å². The Bertz CT molecular complexity index is 482. The summed E-state index contributed by atoms with van der Waals surface area (Å²) in [5.74, 6) is 0.779. The van der Waals surface area contributed by atoms with Crippen molar-refractivity contribution in [1.82, 2.24) is 0 Å². The van der Waals surface area contributed by atoms with Crippen LogP contribution in [0.25, 0.3) is 11.1 Å². The van der Waals surface area contributed by atoms with Crippen molar-refractivity contribution in [3.63, 3.8) is 0 Å². The van der Waals surface area contributed by atoms with E-state index in [4.69, 9.17) is 14.6 Å². The highest BCUT2D eigenvalue weighted by Crippen LogP contribution is 2.22. The third kappa shape index (κ3) is 2.86. The second kappa shape index (κ2) is 5.32. The van der Waals surface area contributed by atoms with Crippen LogP contribution in [-0.4, -0.2) is 17.2 Å². The first-order chi connectivity index (χ1) is 8.20. The van der Waals surface area contributed by atoms with E-state index in [0.29, 0.717) is 5.46 Å². The zero-order chi connectivity index (χ0) is 12.3. The lowest BCUT2D eigenvalue weighted by Crippen LogP contribution is -2.29. The standard InChI is InChI=1S/C12H12BO3P/c14-13(15)11-5-1-9(2-6-11)10-3-7-12(16-17)8-4-10/h1-8,14-15H,17H2. The van der Waals surface area contributed by atoms with Crippen LogP contribution in [0.2, 0.25) is 0 Å². The maximum Gasteiger partial charge on any atom is 0.488 e. The normalized spacial score (nSPS) is 10.1. The largest absolute Gasteiger partial charge is 0.488 e. The van der Waals surface area contributed by atoms with Gasteiger partial charge in [0.2, 0.25) is 0 Å². The van der Waals surface area contributed by atoms with Crippen molar-refractivity contribution >= 4 is 22.0 Å². The van der Waals surface area contributed by atoms with Crippen LogP contribution in [0.1, 0.15) is 0 Å². The van der Waals surface area contributed by atoms with Crippen molar-refractivity contribution in [3.8, 4) is 16.9 Å². The Morgan fingerprint density at radius 1 is 0.824 bits per heavy atom. The van der Waals surface area contributed by atoms with Crippen LogP contribution in [0.15, 0.2) is 48.5 Å². The second-order valence-corrected chi connectivity index (χ2v) is 3.87. The van der Waals surface area contributed by atoms with E-state index in [-0.39, 0.29) is 0 Å². The average molecular weight is 246 g/mol. The summed E-state index contributed by atoms with van der Waals surface area (Å²) >= 11 is 0. The van der Waals surface area contributed by atoms with E-state index in [0.717, 1.165) is 16.9 Å². The minimum Gasteiger partial charge on any atom is -0.480 e. The van der Waals surface area contributed by atoms with Gasteiger partial charge in [0.1, 0.15) is 5.75 Å². The molecule has 0 bridgehead atoms. The van der Waals surface area contributed by atoms with Gasteiger partial charge in [0, 0.05) is 0 Å². The van der Waals surface area contributed by atoms with Crippen LogP contribution in [-0.2, 0) is 0 Å². The molecule has 0 heterocycles. The van der Waals surface area contributed by atoms with Crippen molar-refractivity contribution < 1.29 is 14.6 Å². The molecule has 0 aliphatic heterocycles. The highest BCUT2D eigenvalue weighted by Gasteiger charge is 2.09. The van der Waals surface area contributed by atoms with Crippen molar-refractivity contribution in [3.05, 3.63) is 48.5 Å². The Balaban J connectivity index is 2.26. The Kier molecular flexibility index (Phi) is 3.80. The van der Waals surface area contributed by atoms with Gasteiger partial charge in [-0.25, -0.2) is 0 Å². The van der Waals surface area contributed by atoms with E-state index >= 15 is 0 Å². The van der Waals surface area contributed by atoms with Gasteiger partial charge in [0.25, 0.3) is 0 Å². The average Bonchev–Trinajstić information content (AvgIpc) is 2.39. The molecule has 0 saturated carbocycles. The highest BCUT2D eigenvalue weighted by molar-refractivity contribution is 7.10. The lowest BCUT2D eigenvalue weighted by molar-refractivity contribution is 0.426. The Morgan fingerprint density at radius 3 is 1.71 bits per heavy atom. The zero-order valence-electron chi connectivity index (χ0n) is 9.08. The fourth-order valence-electron chi connectivity index (χ4n) is 1.57. The number of hydrogen-bond acceptors (Lipinski definition) is 3. The molecule has 1 atom stereocenters. The molecule has 0 amide bonds. The number of rotatable bonds is 3. The Hall–Kier alpha value is -1.35. The molecule has 0 aliphatic rings. The van der Waals surface area contributed by atoms with Gasteiger partial charge in [-0.1, -0.05) is 36.4 Å². The van der Waals surface area contributed by atoms with E-state index in [1.165, 1.54) is 0 Å². The van der Waals surface area contributed by atoms with Gasteiger partial charge >= 0.3 is 7.12 Å². The zero-order valence-corrected chi connectivity index (χ0v) is 10.2. The van der Waals surface area contributed by atoms with Crippen LogP contribution < -0.4 is 9.99 Å². The van der Waals surface area contributed by atoms with E-state index in [2.05, 4.69) is 9.47 Å². The van der Waals surface area contributed by atoms with Crippen LogP contribution >= 0.6 is 9.47 Å². The van der Waals surface area contributed by atoms with Crippen molar-refractivity contribution in [2.75, 3.05) is 0 Å². The van der Waals surface area contributed by atoms with Gasteiger partial charge in [0.15, 0.2) is 0 Å². The molecule has 2 aromatic carbocycles. The first kappa shape index (κ1) is 12.1. The molecular formula is C12H12BO3P. The maximum atomic E-state index is 8.99. The molecule has 0 aliphatic carbocycles. The van der Waals surface area contributed by atoms with E-state index in [9.17, 15) is 0 Å². The fraction of sp³-hybridized carbons (Fsp3) is 0. The molecule has 2 aromatic rings. The Labute approximate surface area is 102 Å². The molecule has 0 fully saturated rings. The summed E-state index contributed by atoms with van der Waals surface area (Å²) < 4.78 is 5.01. The van der Waals surface area contributed by atoms with Crippen LogP contribution in [0.4, 0.5) is 0 Å². The summed E-state index contributed by atoms with van der Waals surface area (Å²) in [5, 5.41) is 18.0. The SMILES string of the molecule is OB(O)c1ccc(-c2ccc(OP)cc2)cc1. The molecule has 17 heavy (non-hydrogen) atoms. The quantitative estimate of drug-likeness (QED) is 0.632. The third-order valence-electron chi connectivity index (χ3n) is 2.53. The van der Waals surface area contributed by atoms with Gasteiger partial charge < -0.3 is 14.6 Å². The predicted molar refractivity (Wildman–Crippen MR) is 72.0 cm³/mol. The molecular weight excluding hydrogens is 234 g/mol. The van der Waals surface area contributed by atoms with E-state index in [1.807, 2.05) is 36.4 Å². The molecule has 2 N–H and O–H groups in total. The summed E-state index contributed by atoms with van der Waals surface area (Å²) in [6, 6.07) is 14.7. The van der Waals surface area contributed by atoms with Crippen LogP contribution in [0.3, 0.4) is 0 Å². The molecule has 0 aromatic heterocycles. The Morgan fingerprint density at radius 2 is 1.29 bits per heavy atom. The smallest absolute Gasteiger partial charge is 0.480 e. The van der Waals surface area contributed by atoms with E-state index < -0.39 is 7.12 Å². The number of benzene rings is 2. The molecule has 0 saturated heterocycles. The van der Waals surface area contributed by atoms with Crippen molar-refractivity contribution in [2.45, 2.75) is 0 Å². The summed E-state index contributed by atoms with van der Waals surface area (Å²) in [7, 11) is 0.779. The minimum atomic E-state index is -1.42. The highest BCUT2D eigenvalue weighted by atomic mass is 31.0. The maximum absolute atomic E-state index is 8.99. The van der Waals surface area contributed by atoms with Crippen molar-refractivity contribution in [1.29, 1.82) is 0 Å². The summed E-state index contributed by atoms with van der Waals surface area (Å²) in [5.41, 5.74) is 2.55. The van der Waals surface area contributed by atoms with Gasteiger partial charge in [0.05, 0.1) is 9.47 Å². The molecule has 2 rings (SSSR count). The number of hydrogen-bond donors (Lipinski definition) is 2. The second-order valence-electron chi connectivity index (χ2n) is 3.64. The van der Waals surface area contributed by atoms with Gasteiger partial charge in [-0.05, 0) is 28.7 Å². The van der Waals surface area contributed by atoms with E-state index in [1.54, 1.807) is 12.1 Å². The summed E-state index contributed by atoms with van der Waals surface area (Å²) in [4.78, 5) is 0. The van der Waals surface area contributed by atoms with Crippen LogP contribution in [0, 0.1) is 0 Å². The molecule has 5 heteroatoms. The minimum absolute atomic E-state index is 0.485. The molecule has 0 radical (unpaired) electrons. The lowest BCUT2D eigenvalue weighted by Gasteiger charge is -2.05. The van der Waals surface area contributed by atoms with Crippen LogP contribution in [0.5, 0.6) is 5.75 Å². The molecule has 3 nitrogen and oxygen atoms in total. The summed E-state index contributed by atoms with van der Waals surface area (Å²) in [6.45, 7) is 0. The topological polar surface area (TPSA) is 49.7 Å². The predicted octanol–water partition coefficient (Wildman–Crippen LogP) is 1.20.